The van der Waals surface area contributed by atoms with Gasteiger partial charge in [-0.05, 0) is 44.2 Å². The fourth-order valence-electron chi connectivity index (χ4n) is 3.40. The number of nitrogens with zero attached hydrogens (tertiary/aromatic N) is 4. The Balaban J connectivity index is 1.94. The summed E-state index contributed by atoms with van der Waals surface area (Å²) in [6.07, 6.45) is 0. The third kappa shape index (κ3) is 4.21. The Kier molecular flexibility index (Phi) is 5.83. The van der Waals surface area contributed by atoms with E-state index in [1.807, 2.05) is 41.8 Å². The van der Waals surface area contributed by atoms with Gasteiger partial charge in [0.1, 0.15) is 17.6 Å². The van der Waals surface area contributed by atoms with Crippen molar-refractivity contribution in [3.63, 3.8) is 0 Å². The summed E-state index contributed by atoms with van der Waals surface area (Å²) in [5.74, 6) is 1.68. The van der Waals surface area contributed by atoms with E-state index in [-0.39, 0.29) is 12.4 Å². The highest BCUT2D eigenvalue weighted by molar-refractivity contribution is 7.86. The van der Waals surface area contributed by atoms with Gasteiger partial charge >= 0.3 is 0 Å². The topological polar surface area (TPSA) is 95.7 Å². The van der Waals surface area contributed by atoms with Crippen molar-refractivity contribution >= 4 is 27.4 Å². The number of aryl methyl sites for hydroxylation is 1. The average Bonchev–Trinajstić information content (AvgIpc) is 3.08. The number of aliphatic imine (C=N–C) groups is 1. The van der Waals surface area contributed by atoms with Crippen LogP contribution in [0.2, 0.25) is 5.02 Å². The molecule has 0 spiro atoms. The van der Waals surface area contributed by atoms with Crippen LogP contribution in [0.1, 0.15) is 35.7 Å². The second-order valence-electron chi connectivity index (χ2n) is 6.96. The fraction of sp³-hybridized carbons (Fsp3) is 0.286. The van der Waals surface area contributed by atoms with E-state index in [0.29, 0.717) is 28.1 Å². The third-order valence-corrected chi connectivity index (χ3v) is 6.46. The zero-order valence-corrected chi connectivity index (χ0v) is 18.8. The quantitative estimate of drug-likeness (QED) is 0.522. The van der Waals surface area contributed by atoms with Gasteiger partial charge in [-0.3, -0.25) is 13.7 Å². The van der Waals surface area contributed by atoms with E-state index in [1.54, 1.807) is 19.2 Å². The molecule has 31 heavy (non-hydrogen) atoms. The van der Waals surface area contributed by atoms with E-state index in [2.05, 4.69) is 10.2 Å². The molecule has 4 rings (SSSR count). The van der Waals surface area contributed by atoms with E-state index in [1.165, 1.54) is 6.92 Å². The van der Waals surface area contributed by atoms with Crippen molar-refractivity contribution in [2.24, 2.45) is 4.99 Å². The number of ether oxygens (including phenoxy) is 1. The summed E-state index contributed by atoms with van der Waals surface area (Å²) in [6.45, 7) is 3.18. The van der Waals surface area contributed by atoms with Crippen LogP contribution in [0, 0.1) is 6.92 Å². The van der Waals surface area contributed by atoms with Crippen molar-refractivity contribution in [3.05, 3.63) is 70.3 Å². The van der Waals surface area contributed by atoms with Crippen molar-refractivity contribution in [2.45, 2.75) is 19.9 Å². The van der Waals surface area contributed by atoms with E-state index in [0.717, 1.165) is 16.8 Å². The Morgan fingerprint density at radius 3 is 2.55 bits per heavy atom. The molecule has 1 aromatic heterocycles. The van der Waals surface area contributed by atoms with Gasteiger partial charge in [-0.25, -0.2) is 0 Å². The number of hydrogen-bond donors (Lipinski definition) is 0. The third-order valence-electron chi connectivity index (χ3n) is 5.01. The van der Waals surface area contributed by atoms with Crippen LogP contribution < -0.4 is 4.74 Å². The van der Waals surface area contributed by atoms with E-state index >= 15 is 0 Å². The first-order chi connectivity index (χ1) is 14.8. The molecule has 0 fully saturated rings. The number of halogens is 1. The molecule has 0 aliphatic carbocycles. The first-order valence-electron chi connectivity index (χ1n) is 9.64. The second kappa shape index (κ2) is 8.41. The van der Waals surface area contributed by atoms with Crippen LogP contribution in [0.3, 0.4) is 0 Å². The Bertz CT molecular complexity index is 1250. The number of methoxy groups -OCH3 is 1. The lowest BCUT2D eigenvalue weighted by Gasteiger charge is -2.14. The zero-order valence-electron chi connectivity index (χ0n) is 17.2. The summed E-state index contributed by atoms with van der Waals surface area (Å²) in [6, 6.07) is 12.2. The number of fused-ring (bicyclic) bond motifs is 3. The minimum atomic E-state index is -3.66. The molecule has 1 aliphatic rings. The highest BCUT2D eigenvalue weighted by atomic mass is 35.5. The van der Waals surface area contributed by atoms with Gasteiger partial charge in [0.25, 0.3) is 10.1 Å². The van der Waals surface area contributed by atoms with Gasteiger partial charge in [-0.2, -0.15) is 8.42 Å². The molecule has 3 aromatic rings. The molecule has 0 unspecified atom stereocenters. The molecule has 1 aliphatic heterocycles. The molecule has 10 heteroatoms. The minimum Gasteiger partial charge on any atom is -0.497 e. The van der Waals surface area contributed by atoms with Gasteiger partial charge < -0.3 is 4.74 Å². The van der Waals surface area contributed by atoms with Crippen LogP contribution in [0.5, 0.6) is 5.75 Å². The molecular formula is C21H21ClN4O4S. The molecule has 8 nitrogen and oxygen atoms in total. The number of hydrogen-bond acceptors (Lipinski definition) is 7. The SMILES string of the molecule is CCS(=O)(=O)OC[C@@H]1N=C(c2ccc(Cl)cc2)c2cc(OC)ccc2-n2c(C)nnc21. The normalized spacial score (nSPS) is 15.6. The summed E-state index contributed by atoms with van der Waals surface area (Å²) in [4.78, 5) is 4.89. The van der Waals surface area contributed by atoms with Crippen molar-refractivity contribution in [3.8, 4) is 11.4 Å². The molecule has 0 saturated carbocycles. The van der Waals surface area contributed by atoms with Crippen LogP contribution in [-0.2, 0) is 14.3 Å². The number of aromatic nitrogens is 3. The lowest BCUT2D eigenvalue weighted by molar-refractivity contribution is 0.290. The first-order valence-corrected chi connectivity index (χ1v) is 11.6. The van der Waals surface area contributed by atoms with Gasteiger partial charge in [0, 0.05) is 16.1 Å². The summed E-state index contributed by atoms with van der Waals surface area (Å²) in [5, 5.41) is 9.08. The number of benzene rings is 2. The molecule has 0 radical (unpaired) electrons. The zero-order chi connectivity index (χ0) is 22.2. The van der Waals surface area contributed by atoms with E-state index in [9.17, 15) is 8.42 Å². The van der Waals surface area contributed by atoms with Gasteiger partial charge in [0.15, 0.2) is 5.82 Å². The summed E-state index contributed by atoms with van der Waals surface area (Å²) in [7, 11) is -2.06. The Labute approximate surface area is 185 Å². The van der Waals surface area contributed by atoms with E-state index < -0.39 is 16.2 Å². The molecule has 0 amide bonds. The lowest BCUT2D eigenvalue weighted by atomic mass is 10.00. The molecule has 162 valence electrons. The predicted octanol–water partition coefficient (Wildman–Crippen LogP) is 3.50. The first kappa shape index (κ1) is 21.5. The van der Waals surface area contributed by atoms with Crippen LogP contribution in [0.25, 0.3) is 5.69 Å². The van der Waals surface area contributed by atoms with E-state index in [4.69, 9.17) is 25.5 Å². The van der Waals surface area contributed by atoms with Crippen LogP contribution in [0.4, 0.5) is 0 Å². The fourth-order valence-corrected chi connectivity index (χ4v) is 4.03. The molecular weight excluding hydrogens is 440 g/mol. The van der Waals surface area contributed by atoms with Crippen molar-refractivity contribution in [1.29, 1.82) is 0 Å². The van der Waals surface area contributed by atoms with Crippen molar-refractivity contribution in [2.75, 3.05) is 19.5 Å². The average molecular weight is 461 g/mol. The predicted molar refractivity (Wildman–Crippen MR) is 118 cm³/mol. The smallest absolute Gasteiger partial charge is 0.267 e. The molecule has 2 heterocycles. The number of rotatable bonds is 6. The minimum absolute atomic E-state index is 0.128. The van der Waals surface area contributed by atoms with Crippen LogP contribution >= 0.6 is 11.6 Å². The Hall–Kier alpha value is -2.75. The molecule has 0 saturated heterocycles. The Morgan fingerprint density at radius 1 is 1.13 bits per heavy atom. The Morgan fingerprint density at radius 2 is 1.87 bits per heavy atom. The van der Waals surface area contributed by atoms with Crippen molar-refractivity contribution in [1.82, 2.24) is 14.8 Å². The highest BCUT2D eigenvalue weighted by Gasteiger charge is 2.29. The van der Waals surface area contributed by atoms with Gasteiger partial charge in [-0.1, -0.05) is 23.7 Å². The monoisotopic (exact) mass is 460 g/mol. The summed E-state index contributed by atoms with van der Waals surface area (Å²) < 4.78 is 36.5. The van der Waals surface area contributed by atoms with Crippen molar-refractivity contribution < 1.29 is 17.3 Å². The maximum Gasteiger partial charge on any atom is 0.267 e. The molecule has 1 atom stereocenters. The largest absolute Gasteiger partial charge is 0.497 e. The molecule has 2 aromatic carbocycles. The maximum atomic E-state index is 12.0. The summed E-state index contributed by atoms with van der Waals surface area (Å²) >= 11 is 6.08. The van der Waals surface area contributed by atoms with Gasteiger partial charge in [0.2, 0.25) is 0 Å². The maximum absolute atomic E-state index is 12.0. The van der Waals surface area contributed by atoms with Crippen LogP contribution in [-0.4, -0.2) is 48.4 Å². The lowest BCUT2D eigenvalue weighted by Crippen LogP contribution is -2.16. The highest BCUT2D eigenvalue weighted by Crippen LogP contribution is 2.33. The second-order valence-corrected chi connectivity index (χ2v) is 9.32. The molecule has 0 bridgehead atoms. The standard InChI is InChI=1S/C21H21ClN4O4S/c1-4-31(27,28)30-12-18-21-25-24-13(2)26(21)19-10-9-16(29-3)11-17(19)20(23-18)14-5-7-15(22)8-6-14/h5-11,18H,4,12H2,1-3H3/t18-/m0/s1. The van der Waals surface area contributed by atoms with Gasteiger partial charge in [0.05, 0.1) is 30.9 Å². The summed E-state index contributed by atoms with van der Waals surface area (Å²) in [5.41, 5.74) is 3.08. The van der Waals surface area contributed by atoms with Gasteiger partial charge in [-0.15, -0.1) is 10.2 Å². The van der Waals surface area contributed by atoms with Crippen LogP contribution in [0.15, 0.2) is 47.5 Å². The molecule has 0 N–H and O–H groups in total.